The lowest BCUT2D eigenvalue weighted by Gasteiger charge is -2.34. The van der Waals surface area contributed by atoms with Gasteiger partial charge in [0.1, 0.15) is 11.6 Å². The highest BCUT2D eigenvalue weighted by molar-refractivity contribution is 5.65. The minimum Gasteiger partial charge on any atom is -0.497 e. The van der Waals surface area contributed by atoms with Crippen molar-refractivity contribution in [2.45, 2.75) is 24.9 Å². The smallest absolute Gasteiger partial charge is 0.227 e. The Balaban J connectivity index is 1.33. The molecule has 0 aliphatic carbocycles. The fraction of sp³-hybridized carbons (Fsp3) is 0.350. The van der Waals surface area contributed by atoms with Crippen LogP contribution in [0.5, 0.6) is 5.75 Å². The highest BCUT2D eigenvalue weighted by atomic mass is 16.5. The van der Waals surface area contributed by atoms with Crippen LogP contribution in [0.1, 0.15) is 12.8 Å². The molecule has 5 rings (SSSR count). The van der Waals surface area contributed by atoms with Gasteiger partial charge < -0.3 is 19.7 Å². The number of nitrogens with zero attached hydrogens (tertiary/aromatic N) is 4. The Morgan fingerprint density at radius 2 is 1.89 bits per heavy atom. The summed E-state index contributed by atoms with van der Waals surface area (Å²) in [5.74, 6) is 3.02. The number of methoxy groups -OCH3 is 1. The number of anilines is 3. The molecule has 0 radical (unpaired) electrons. The highest BCUT2D eigenvalue weighted by Gasteiger charge is 2.38. The van der Waals surface area contributed by atoms with Gasteiger partial charge in [0.15, 0.2) is 5.82 Å². The summed E-state index contributed by atoms with van der Waals surface area (Å²) < 4.78 is 10.9. The lowest BCUT2D eigenvalue weighted by atomic mass is 10.1. The molecule has 28 heavy (non-hydrogen) atoms. The number of H-pyrrole nitrogens is 1. The molecule has 0 amide bonds. The third-order valence-electron chi connectivity index (χ3n) is 5.35. The van der Waals surface area contributed by atoms with Crippen LogP contribution in [0.25, 0.3) is 11.3 Å². The third kappa shape index (κ3) is 3.16. The van der Waals surface area contributed by atoms with Gasteiger partial charge in [-0.2, -0.15) is 10.1 Å². The number of nitrogens with one attached hydrogen (secondary N) is 2. The average Bonchev–Trinajstić information content (AvgIpc) is 3.30. The molecule has 3 aromatic rings. The van der Waals surface area contributed by atoms with Crippen molar-refractivity contribution in [2.75, 3.05) is 30.5 Å². The zero-order chi connectivity index (χ0) is 18.9. The molecule has 2 saturated heterocycles. The standard InChI is InChI=1S/C20H22N6O2/c1-27-16-6-2-13(3-7-16)17-10-19(25-24-17)22-18-8-9-21-20(23-18)26-14-4-5-15(26)12-28-11-14/h2-3,6-10,14-15H,4-5,11-12H2,1H3,(H2,21,22,23,24,25). The Kier molecular flexibility index (Phi) is 4.32. The Labute approximate surface area is 162 Å². The first-order valence-corrected chi connectivity index (χ1v) is 9.46. The number of hydrogen-bond donors (Lipinski definition) is 2. The molecule has 8 heteroatoms. The number of ether oxygens (including phenoxy) is 2. The molecule has 2 unspecified atom stereocenters. The van der Waals surface area contributed by atoms with E-state index in [4.69, 9.17) is 14.5 Å². The van der Waals surface area contributed by atoms with Crippen LogP contribution in [0.4, 0.5) is 17.6 Å². The predicted molar refractivity (Wildman–Crippen MR) is 106 cm³/mol. The van der Waals surface area contributed by atoms with Crippen molar-refractivity contribution in [1.29, 1.82) is 0 Å². The van der Waals surface area contributed by atoms with Crippen molar-refractivity contribution in [3.8, 4) is 17.0 Å². The molecular weight excluding hydrogens is 356 g/mol. The average molecular weight is 378 g/mol. The van der Waals surface area contributed by atoms with Crippen molar-refractivity contribution in [2.24, 2.45) is 0 Å². The molecular formula is C20H22N6O2. The number of benzene rings is 1. The lowest BCUT2D eigenvalue weighted by Crippen LogP contribution is -2.46. The van der Waals surface area contributed by atoms with Gasteiger partial charge in [0, 0.05) is 12.3 Å². The number of morpholine rings is 1. The largest absolute Gasteiger partial charge is 0.497 e. The quantitative estimate of drug-likeness (QED) is 0.705. The molecule has 0 spiro atoms. The van der Waals surface area contributed by atoms with Crippen LogP contribution in [0.3, 0.4) is 0 Å². The van der Waals surface area contributed by atoms with E-state index < -0.39 is 0 Å². The van der Waals surface area contributed by atoms with Crippen LogP contribution in [-0.4, -0.2) is 52.6 Å². The van der Waals surface area contributed by atoms with Crippen LogP contribution in [0.2, 0.25) is 0 Å². The zero-order valence-electron chi connectivity index (χ0n) is 15.6. The summed E-state index contributed by atoms with van der Waals surface area (Å²) in [5, 5.41) is 10.7. The van der Waals surface area contributed by atoms with Crippen LogP contribution in [-0.2, 0) is 4.74 Å². The Morgan fingerprint density at radius 3 is 2.64 bits per heavy atom. The number of rotatable bonds is 5. The number of aromatic nitrogens is 4. The normalized spacial score (nSPS) is 21.0. The summed E-state index contributed by atoms with van der Waals surface area (Å²) in [5.41, 5.74) is 1.96. The molecule has 2 N–H and O–H groups in total. The number of hydrogen-bond acceptors (Lipinski definition) is 7. The molecule has 2 aliphatic rings. The number of aromatic amines is 1. The van der Waals surface area contributed by atoms with E-state index in [1.165, 1.54) is 0 Å². The second-order valence-corrected chi connectivity index (χ2v) is 7.09. The first-order chi connectivity index (χ1) is 13.8. The van der Waals surface area contributed by atoms with E-state index in [1.807, 2.05) is 36.4 Å². The fourth-order valence-corrected chi connectivity index (χ4v) is 3.93. The maximum Gasteiger partial charge on any atom is 0.227 e. The van der Waals surface area contributed by atoms with Gasteiger partial charge >= 0.3 is 0 Å². The number of fused-ring (bicyclic) bond motifs is 2. The molecule has 2 fully saturated rings. The van der Waals surface area contributed by atoms with Gasteiger partial charge in [-0.15, -0.1) is 0 Å². The molecule has 0 saturated carbocycles. The zero-order valence-corrected chi connectivity index (χ0v) is 15.6. The molecule has 2 atom stereocenters. The van der Waals surface area contributed by atoms with Crippen molar-refractivity contribution in [3.05, 3.63) is 42.6 Å². The summed E-state index contributed by atoms with van der Waals surface area (Å²) in [4.78, 5) is 11.5. The highest BCUT2D eigenvalue weighted by Crippen LogP contribution is 2.32. The molecule has 2 aromatic heterocycles. The fourth-order valence-electron chi connectivity index (χ4n) is 3.93. The SMILES string of the molecule is COc1ccc(-c2cc(Nc3ccnc(N4C5CCC4COC5)n3)n[nH]2)cc1. The maximum absolute atomic E-state index is 5.66. The Hall–Kier alpha value is -3.13. The first-order valence-electron chi connectivity index (χ1n) is 9.46. The van der Waals surface area contributed by atoms with Crippen LogP contribution >= 0.6 is 0 Å². The maximum atomic E-state index is 5.66. The minimum atomic E-state index is 0.376. The van der Waals surface area contributed by atoms with Gasteiger partial charge in [0.05, 0.1) is 38.1 Å². The van der Waals surface area contributed by atoms with Crippen LogP contribution in [0.15, 0.2) is 42.6 Å². The van der Waals surface area contributed by atoms with Crippen LogP contribution < -0.4 is 15.0 Å². The second kappa shape index (κ2) is 7.12. The van der Waals surface area contributed by atoms with Gasteiger partial charge in [0.25, 0.3) is 0 Å². The van der Waals surface area contributed by atoms with E-state index in [2.05, 4.69) is 25.4 Å². The Bertz CT molecular complexity index is 941. The minimum absolute atomic E-state index is 0.376. The third-order valence-corrected chi connectivity index (χ3v) is 5.35. The summed E-state index contributed by atoms with van der Waals surface area (Å²) >= 11 is 0. The molecule has 8 nitrogen and oxygen atoms in total. The predicted octanol–water partition coefficient (Wildman–Crippen LogP) is 2.99. The van der Waals surface area contributed by atoms with Crippen molar-refractivity contribution in [1.82, 2.24) is 20.2 Å². The van der Waals surface area contributed by atoms with Crippen molar-refractivity contribution >= 4 is 17.6 Å². The monoisotopic (exact) mass is 378 g/mol. The van der Waals surface area contributed by atoms with E-state index in [9.17, 15) is 0 Å². The summed E-state index contributed by atoms with van der Waals surface area (Å²) in [7, 11) is 1.66. The second-order valence-electron chi connectivity index (χ2n) is 7.09. The van der Waals surface area contributed by atoms with Crippen LogP contribution in [0, 0.1) is 0 Å². The topological polar surface area (TPSA) is 88.2 Å². The Morgan fingerprint density at radius 1 is 1.11 bits per heavy atom. The van der Waals surface area contributed by atoms with Crippen molar-refractivity contribution in [3.63, 3.8) is 0 Å². The van der Waals surface area contributed by atoms with E-state index in [1.54, 1.807) is 13.3 Å². The van der Waals surface area contributed by atoms with Gasteiger partial charge in [-0.25, -0.2) is 4.98 Å². The van der Waals surface area contributed by atoms with Crippen molar-refractivity contribution < 1.29 is 9.47 Å². The molecule has 144 valence electrons. The van der Waals surface area contributed by atoms with E-state index in [0.717, 1.165) is 54.8 Å². The summed E-state index contributed by atoms with van der Waals surface area (Å²) in [6.45, 7) is 1.50. The summed E-state index contributed by atoms with van der Waals surface area (Å²) in [6.07, 6.45) is 4.06. The van der Waals surface area contributed by atoms with E-state index >= 15 is 0 Å². The van der Waals surface area contributed by atoms with E-state index in [0.29, 0.717) is 17.9 Å². The summed E-state index contributed by atoms with van der Waals surface area (Å²) in [6, 6.07) is 12.4. The van der Waals surface area contributed by atoms with Gasteiger partial charge in [-0.05, 0) is 48.7 Å². The first kappa shape index (κ1) is 17.0. The van der Waals surface area contributed by atoms with Gasteiger partial charge in [0.2, 0.25) is 5.95 Å². The molecule has 2 aliphatic heterocycles. The van der Waals surface area contributed by atoms with Gasteiger partial charge in [-0.3, -0.25) is 5.10 Å². The van der Waals surface area contributed by atoms with E-state index in [-0.39, 0.29) is 0 Å². The van der Waals surface area contributed by atoms with Gasteiger partial charge in [-0.1, -0.05) is 0 Å². The lowest BCUT2D eigenvalue weighted by molar-refractivity contribution is 0.0897. The molecule has 1 aromatic carbocycles. The molecule has 4 heterocycles. The molecule has 2 bridgehead atoms.